The molecular weight excluding hydrogens is 482 g/mol. The van der Waals surface area contributed by atoms with Gasteiger partial charge in [-0.2, -0.15) is 0 Å². The maximum Gasteiger partial charge on any atom is 0.408 e. The van der Waals surface area contributed by atoms with Gasteiger partial charge in [-0.15, -0.1) is 0 Å². The first kappa shape index (κ1) is 30.8. The third kappa shape index (κ3) is 8.87. The fourth-order valence-electron chi connectivity index (χ4n) is 4.24. The van der Waals surface area contributed by atoms with Crippen LogP contribution in [0, 0.1) is 19.8 Å². The Bertz CT molecular complexity index is 1080. The number of ether oxygens (including phenoxy) is 1. The number of hydrogen-bond acceptors (Lipinski definition) is 5. The molecule has 8 nitrogen and oxygen atoms in total. The van der Waals surface area contributed by atoms with E-state index >= 15 is 0 Å². The summed E-state index contributed by atoms with van der Waals surface area (Å²) in [6, 6.07) is 13.2. The lowest BCUT2D eigenvalue weighted by Gasteiger charge is -2.36. The fraction of sp³-hybridized carbons (Fsp3) is 0.500. The Morgan fingerprint density at radius 1 is 1.05 bits per heavy atom. The predicted octanol–water partition coefficient (Wildman–Crippen LogP) is 4.42. The Morgan fingerprint density at radius 2 is 1.71 bits per heavy atom. The molecule has 2 aromatic carbocycles. The number of rotatable bonds is 11. The highest BCUT2D eigenvalue weighted by molar-refractivity contribution is 5.92. The third-order valence-electron chi connectivity index (χ3n) is 6.36. The molecule has 0 fully saturated rings. The predicted molar refractivity (Wildman–Crippen MR) is 148 cm³/mol. The van der Waals surface area contributed by atoms with Gasteiger partial charge in [-0.25, -0.2) is 4.79 Å². The first-order valence-corrected chi connectivity index (χ1v) is 13.2. The third-order valence-corrected chi connectivity index (χ3v) is 6.36. The molecule has 0 aliphatic carbocycles. The summed E-state index contributed by atoms with van der Waals surface area (Å²) in [7, 11) is 0. The standard InChI is InChI=1S/C30H43N3O5/c1-8-21(3)25(32-29(37)38-30(5,6)7)28(36)33(16-17-34)26(24-15-14-20(2)18-22(24)4)27(35)31-19-23-12-10-9-11-13-23/h9-15,18,21,25-26,34H,8,16-17,19H2,1-7H3,(H,31,35)(H,32,37). The molecular formula is C30H43N3O5. The Labute approximate surface area is 226 Å². The molecule has 38 heavy (non-hydrogen) atoms. The molecule has 0 radical (unpaired) electrons. The molecule has 3 atom stereocenters. The minimum Gasteiger partial charge on any atom is -0.444 e. The van der Waals surface area contributed by atoms with Crippen LogP contribution in [0.25, 0.3) is 0 Å². The van der Waals surface area contributed by atoms with Crippen molar-refractivity contribution < 1.29 is 24.2 Å². The van der Waals surface area contributed by atoms with Crippen LogP contribution in [0.3, 0.4) is 0 Å². The maximum absolute atomic E-state index is 14.1. The topological polar surface area (TPSA) is 108 Å². The van der Waals surface area contributed by atoms with E-state index in [2.05, 4.69) is 10.6 Å². The molecule has 0 saturated carbocycles. The number of nitrogens with zero attached hydrogens (tertiary/aromatic N) is 1. The summed E-state index contributed by atoms with van der Waals surface area (Å²) < 4.78 is 5.42. The number of alkyl carbamates (subject to hydrolysis) is 1. The molecule has 3 unspecified atom stereocenters. The molecule has 0 aliphatic heterocycles. The van der Waals surface area contributed by atoms with Crippen molar-refractivity contribution in [1.29, 1.82) is 0 Å². The van der Waals surface area contributed by atoms with E-state index in [0.717, 1.165) is 16.7 Å². The average Bonchev–Trinajstić information content (AvgIpc) is 2.85. The van der Waals surface area contributed by atoms with Crippen molar-refractivity contribution in [3.05, 3.63) is 70.8 Å². The van der Waals surface area contributed by atoms with Crippen LogP contribution in [0.1, 0.15) is 69.3 Å². The Morgan fingerprint density at radius 3 is 2.26 bits per heavy atom. The number of hydrogen-bond donors (Lipinski definition) is 3. The molecule has 3 N–H and O–H groups in total. The zero-order chi connectivity index (χ0) is 28.5. The van der Waals surface area contributed by atoms with Crippen LogP contribution in [0.2, 0.25) is 0 Å². The highest BCUT2D eigenvalue weighted by atomic mass is 16.6. The fourth-order valence-corrected chi connectivity index (χ4v) is 4.24. The second-order valence-electron chi connectivity index (χ2n) is 10.7. The summed E-state index contributed by atoms with van der Waals surface area (Å²) >= 11 is 0. The molecule has 0 aromatic heterocycles. The molecule has 208 valence electrons. The van der Waals surface area contributed by atoms with E-state index in [4.69, 9.17) is 4.74 Å². The molecule has 0 aliphatic rings. The van der Waals surface area contributed by atoms with Gasteiger partial charge in [-0.1, -0.05) is 74.4 Å². The number of aliphatic hydroxyl groups excluding tert-OH is 1. The van der Waals surface area contributed by atoms with Gasteiger partial charge >= 0.3 is 6.09 Å². The molecule has 0 spiro atoms. The summed E-state index contributed by atoms with van der Waals surface area (Å²) in [4.78, 5) is 41.9. The first-order valence-electron chi connectivity index (χ1n) is 13.2. The van der Waals surface area contributed by atoms with Crippen LogP contribution in [0.4, 0.5) is 4.79 Å². The van der Waals surface area contributed by atoms with Crippen LogP contribution in [-0.4, -0.2) is 52.7 Å². The van der Waals surface area contributed by atoms with Gasteiger partial charge in [0.1, 0.15) is 17.7 Å². The van der Waals surface area contributed by atoms with Crippen molar-refractivity contribution in [1.82, 2.24) is 15.5 Å². The lowest BCUT2D eigenvalue weighted by atomic mass is 9.93. The highest BCUT2D eigenvalue weighted by Gasteiger charge is 2.38. The van der Waals surface area contributed by atoms with Gasteiger partial charge in [-0.05, 0) is 57.2 Å². The SMILES string of the molecule is CCC(C)C(NC(=O)OC(C)(C)C)C(=O)N(CCO)C(C(=O)NCc1ccccc1)c1ccc(C)cc1C. The number of carbonyl (C=O) groups is 3. The van der Waals surface area contributed by atoms with Crippen LogP contribution in [-0.2, 0) is 20.9 Å². The number of nitrogens with one attached hydrogen (secondary N) is 2. The van der Waals surface area contributed by atoms with Crippen molar-refractivity contribution in [2.75, 3.05) is 13.2 Å². The second-order valence-corrected chi connectivity index (χ2v) is 10.7. The lowest BCUT2D eigenvalue weighted by Crippen LogP contribution is -2.55. The van der Waals surface area contributed by atoms with Crippen molar-refractivity contribution in [2.45, 2.75) is 79.1 Å². The van der Waals surface area contributed by atoms with Crippen LogP contribution < -0.4 is 10.6 Å². The van der Waals surface area contributed by atoms with Crippen molar-refractivity contribution in [2.24, 2.45) is 5.92 Å². The Balaban J connectivity index is 2.49. The molecule has 2 aromatic rings. The van der Waals surface area contributed by atoms with Crippen LogP contribution >= 0.6 is 0 Å². The van der Waals surface area contributed by atoms with E-state index in [9.17, 15) is 19.5 Å². The summed E-state index contributed by atoms with van der Waals surface area (Å²) in [5.41, 5.74) is 2.71. The van der Waals surface area contributed by atoms with E-state index in [1.54, 1.807) is 20.8 Å². The summed E-state index contributed by atoms with van der Waals surface area (Å²) in [6.45, 7) is 12.7. The molecule has 0 bridgehead atoms. The number of aliphatic hydroxyl groups is 1. The largest absolute Gasteiger partial charge is 0.444 e. The molecule has 3 amide bonds. The normalized spacial score (nSPS) is 13.7. The zero-order valence-electron chi connectivity index (χ0n) is 23.7. The van der Waals surface area contributed by atoms with Crippen LogP contribution in [0.15, 0.2) is 48.5 Å². The van der Waals surface area contributed by atoms with E-state index in [0.29, 0.717) is 12.0 Å². The number of benzene rings is 2. The molecule has 0 saturated heterocycles. The van der Waals surface area contributed by atoms with E-state index < -0.39 is 29.7 Å². The highest BCUT2D eigenvalue weighted by Crippen LogP contribution is 2.27. The lowest BCUT2D eigenvalue weighted by molar-refractivity contribution is -0.144. The monoisotopic (exact) mass is 525 g/mol. The zero-order valence-corrected chi connectivity index (χ0v) is 23.7. The first-order chi connectivity index (χ1) is 17.9. The minimum absolute atomic E-state index is 0.0848. The molecule has 0 heterocycles. The van der Waals surface area contributed by atoms with Crippen LogP contribution in [0.5, 0.6) is 0 Å². The summed E-state index contributed by atoms with van der Waals surface area (Å²) in [5.74, 6) is -1.08. The minimum atomic E-state index is -1.01. The maximum atomic E-state index is 14.1. The number of carbonyl (C=O) groups excluding carboxylic acids is 3. The molecule has 8 heteroatoms. The van der Waals surface area contributed by atoms with E-state index in [1.807, 2.05) is 76.2 Å². The Hall–Kier alpha value is -3.39. The van der Waals surface area contributed by atoms with Crippen molar-refractivity contribution >= 4 is 17.9 Å². The summed E-state index contributed by atoms with van der Waals surface area (Å²) in [6.07, 6.45) is -0.107. The number of amides is 3. The number of aryl methyl sites for hydroxylation is 2. The summed E-state index contributed by atoms with van der Waals surface area (Å²) in [5, 5.41) is 15.6. The van der Waals surface area contributed by atoms with Gasteiger partial charge in [0.2, 0.25) is 11.8 Å². The van der Waals surface area contributed by atoms with Gasteiger partial charge < -0.3 is 25.4 Å². The van der Waals surface area contributed by atoms with Gasteiger partial charge in [0.25, 0.3) is 0 Å². The van der Waals surface area contributed by atoms with Crippen molar-refractivity contribution in [3.63, 3.8) is 0 Å². The average molecular weight is 526 g/mol. The van der Waals surface area contributed by atoms with E-state index in [-0.39, 0.29) is 31.5 Å². The molecule has 2 rings (SSSR count). The van der Waals surface area contributed by atoms with Gasteiger partial charge in [-0.3, -0.25) is 9.59 Å². The quantitative estimate of drug-likeness (QED) is 0.403. The second kappa shape index (κ2) is 14.0. The van der Waals surface area contributed by atoms with Crippen molar-refractivity contribution in [3.8, 4) is 0 Å². The Kier molecular flexibility index (Phi) is 11.3. The van der Waals surface area contributed by atoms with E-state index in [1.165, 1.54) is 4.90 Å². The smallest absolute Gasteiger partial charge is 0.408 e. The van der Waals surface area contributed by atoms with Gasteiger partial charge in [0.05, 0.1) is 6.61 Å². The van der Waals surface area contributed by atoms with Gasteiger partial charge in [0.15, 0.2) is 0 Å². The van der Waals surface area contributed by atoms with Gasteiger partial charge in [0, 0.05) is 13.1 Å².